The molecule has 3 N–H and O–H groups in total. The molecule has 12 nitrogen and oxygen atoms in total. The van der Waals surface area contributed by atoms with Crippen LogP contribution in [-0.4, -0.2) is 62.7 Å². The SMILES string of the molecule is Cc1ccc(O)c(N=Nc2ccc(Nc3ccc(S(=O)(=O)NS(C)(=O)=O)cc3[N+](=O)[O-])cc2)c1.[Na]. The van der Waals surface area contributed by atoms with Gasteiger partial charge in [-0.15, -0.1) is 9.24 Å². The Hall–Kier alpha value is -2.88. The van der Waals surface area contributed by atoms with Crippen molar-refractivity contribution in [3.05, 3.63) is 76.3 Å². The first-order valence-electron chi connectivity index (χ1n) is 9.44. The number of hydrogen-bond donors (Lipinski definition) is 3. The first kappa shape index (κ1) is 28.4. The van der Waals surface area contributed by atoms with E-state index in [0.29, 0.717) is 23.3 Å². The minimum Gasteiger partial charge on any atom is -0.506 e. The Bertz CT molecular complexity index is 1490. The zero-order valence-corrected chi connectivity index (χ0v) is 22.5. The molecule has 3 aromatic carbocycles. The molecule has 0 aliphatic rings. The number of rotatable bonds is 8. The van der Waals surface area contributed by atoms with E-state index in [2.05, 4.69) is 15.5 Å². The van der Waals surface area contributed by atoms with Crippen molar-refractivity contribution in [3.63, 3.8) is 0 Å². The van der Waals surface area contributed by atoms with E-state index in [9.17, 15) is 32.1 Å². The maximum atomic E-state index is 12.2. The number of aryl methyl sites for hydroxylation is 1. The second-order valence-corrected chi connectivity index (χ2v) is 10.8. The standard InChI is InChI=1S/C20H19N5O7S2.Na/c1-13-3-10-20(26)18(11-13)23-22-15-6-4-14(5-7-15)21-17-9-8-16(12-19(17)25(27)28)34(31,32)24-33(2,29)30;/h3-12,21,24,26H,1-2H3;. The molecule has 0 unspecified atom stereocenters. The van der Waals surface area contributed by atoms with Crippen molar-refractivity contribution in [3.8, 4) is 5.75 Å². The van der Waals surface area contributed by atoms with Crippen LogP contribution in [0.1, 0.15) is 5.56 Å². The fraction of sp³-hybridized carbons (Fsp3) is 0.100. The van der Waals surface area contributed by atoms with E-state index in [-0.39, 0.29) is 41.0 Å². The summed E-state index contributed by atoms with van der Waals surface area (Å²) < 4.78 is 48.3. The van der Waals surface area contributed by atoms with Crippen LogP contribution in [0.4, 0.5) is 28.4 Å². The fourth-order valence-corrected chi connectivity index (χ4v) is 5.27. The monoisotopic (exact) mass is 528 g/mol. The van der Waals surface area contributed by atoms with E-state index in [1.807, 2.05) is 6.92 Å². The Labute approximate surface area is 223 Å². The van der Waals surface area contributed by atoms with Gasteiger partial charge in [0.05, 0.1) is 21.8 Å². The number of nitro groups is 1. The molecule has 0 heterocycles. The van der Waals surface area contributed by atoms with Gasteiger partial charge in [0.15, 0.2) is 0 Å². The van der Waals surface area contributed by atoms with Crippen molar-refractivity contribution >= 4 is 78.0 Å². The molecule has 35 heavy (non-hydrogen) atoms. The summed E-state index contributed by atoms with van der Waals surface area (Å²) in [4.78, 5) is 10.1. The summed E-state index contributed by atoms with van der Waals surface area (Å²) in [5.41, 5.74) is 1.51. The third-order valence-corrected chi connectivity index (χ3v) is 7.25. The third kappa shape index (κ3) is 7.81. The van der Waals surface area contributed by atoms with Gasteiger partial charge in [-0.1, -0.05) is 6.07 Å². The predicted octanol–water partition coefficient (Wildman–Crippen LogP) is 3.62. The van der Waals surface area contributed by atoms with Gasteiger partial charge < -0.3 is 10.4 Å². The van der Waals surface area contributed by atoms with Gasteiger partial charge in [-0.25, -0.2) is 16.8 Å². The number of phenolic OH excluding ortho intramolecular Hbond substituents is 1. The normalized spacial score (nSPS) is 11.7. The minimum atomic E-state index is -4.52. The number of hydrogen-bond acceptors (Lipinski definition) is 10. The molecule has 179 valence electrons. The first-order valence-corrected chi connectivity index (χ1v) is 12.8. The van der Waals surface area contributed by atoms with Crippen LogP contribution in [0.15, 0.2) is 75.8 Å². The quantitative estimate of drug-likeness (QED) is 0.171. The van der Waals surface area contributed by atoms with Crippen molar-refractivity contribution in [2.75, 3.05) is 11.6 Å². The molecule has 0 spiro atoms. The molecule has 0 fully saturated rings. The Kier molecular flexibility index (Phi) is 9.11. The average Bonchev–Trinajstić information content (AvgIpc) is 2.73. The van der Waals surface area contributed by atoms with Gasteiger partial charge in [-0.3, -0.25) is 10.1 Å². The summed E-state index contributed by atoms with van der Waals surface area (Å²) in [6, 6.07) is 14.2. The molecule has 0 bridgehead atoms. The van der Waals surface area contributed by atoms with Crippen LogP contribution in [0.25, 0.3) is 0 Å². The Morgan fingerprint density at radius 3 is 2.20 bits per heavy atom. The van der Waals surface area contributed by atoms with Crippen LogP contribution < -0.4 is 9.44 Å². The summed E-state index contributed by atoms with van der Waals surface area (Å²) in [5, 5.41) is 32.2. The predicted molar refractivity (Wildman–Crippen MR) is 131 cm³/mol. The molecule has 0 atom stereocenters. The summed E-state index contributed by atoms with van der Waals surface area (Å²) in [6.07, 6.45) is 0.654. The van der Waals surface area contributed by atoms with Gasteiger partial charge in [0.1, 0.15) is 17.1 Å². The average molecular weight is 529 g/mol. The first-order chi connectivity index (χ1) is 15.8. The van der Waals surface area contributed by atoms with Gasteiger partial charge in [-0.2, -0.15) is 5.11 Å². The number of benzene rings is 3. The number of phenols is 1. The van der Waals surface area contributed by atoms with Gasteiger partial charge in [0.2, 0.25) is 10.0 Å². The van der Waals surface area contributed by atoms with Crippen molar-refractivity contribution in [1.82, 2.24) is 4.13 Å². The third-order valence-electron chi connectivity index (χ3n) is 4.29. The van der Waals surface area contributed by atoms with E-state index >= 15 is 0 Å². The summed E-state index contributed by atoms with van der Waals surface area (Å²) >= 11 is 0. The van der Waals surface area contributed by atoms with Crippen LogP contribution in [0.5, 0.6) is 5.75 Å². The van der Waals surface area contributed by atoms with E-state index in [0.717, 1.165) is 23.8 Å². The molecule has 15 heteroatoms. The Balaban J connectivity index is 0.00000432. The molecule has 3 aromatic rings. The van der Waals surface area contributed by atoms with Crippen molar-refractivity contribution in [1.29, 1.82) is 0 Å². The number of azo groups is 1. The van der Waals surface area contributed by atoms with E-state index in [1.165, 1.54) is 10.2 Å². The summed E-state index contributed by atoms with van der Waals surface area (Å²) in [7, 11) is -8.62. The molecule has 3 rings (SSSR count). The molecule has 0 aliphatic carbocycles. The maximum absolute atomic E-state index is 12.2. The summed E-state index contributed by atoms with van der Waals surface area (Å²) in [5.74, 6) is -0.0165. The smallest absolute Gasteiger partial charge is 0.294 e. The number of nitro benzene ring substituents is 1. The molecular weight excluding hydrogens is 509 g/mol. The molecule has 0 aromatic heterocycles. The van der Waals surface area contributed by atoms with Crippen LogP contribution >= 0.6 is 0 Å². The number of aromatic hydroxyl groups is 1. The number of anilines is 2. The van der Waals surface area contributed by atoms with E-state index < -0.39 is 35.6 Å². The van der Waals surface area contributed by atoms with Gasteiger partial charge >= 0.3 is 0 Å². The Morgan fingerprint density at radius 2 is 1.60 bits per heavy atom. The number of sulfonamides is 2. The molecule has 0 saturated heterocycles. The molecule has 0 aliphatic heterocycles. The summed E-state index contributed by atoms with van der Waals surface area (Å²) in [6.45, 7) is 1.85. The van der Waals surface area contributed by atoms with Crippen LogP contribution in [0.3, 0.4) is 0 Å². The molecule has 1 radical (unpaired) electrons. The topological polar surface area (TPSA) is 180 Å². The second-order valence-electron chi connectivity index (χ2n) is 7.16. The maximum Gasteiger partial charge on any atom is 0.294 e. The zero-order chi connectivity index (χ0) is 25.1. The van der Waals surface area contributed by atoms with Gasteiger partial charge in [0, 0.05) is 41.3 Å². The molecule has 0 amide bonds. The van der Waals surface area contributed by atoms with Crippen LogP contribution in [0.2, 0.25) is 0 Å². The largest absolute Gasteiger partial charge is 0.506 e. The number of nitrogens with one attached hydrogen (secondary N) is 2. The van der Waals surface area contributed by atoms with Crippen molar-refractivity contribution < 1.29 is 26.9 Å². The fourth-order valence-electron chi connectivity index (χ4n) is 2.77. The number of nitrogens with zero attached hydrogens (tertiary/aromatic N) is 3. The van der Waals surface area contributed by atoms with Gasteiger partial charge in [-0.05, 0) is 61.0 Å². The van der Waals surface area contributed by atoms with Crippen molar-refractivity contribution in [2.45, 2.75) is 11.8 Å². The minimum absolute atomic E-state index is 0. The van der Waals surface area contributed by atoms with Gasteiger partial charge in [0.25, 0.3) is 15.7 Å². The van der Waals surface area contributed by atoms with E-state index in [1.54, 1.807) is 36.4 Å². The second kappa shape index (κ2) is 11.2. The molecule has 0 saturated carbocycles. The van der Waals surface area contributed by atoms with E-state index in [4.69, 9.17) is 0 Å². The van der Waals surface area contributed by atoms with Crippen molar-refractivity contribution in [2.24, 2.45) is 10.2 Å². The van der Waals surface area contributed by atoms with Crippen LogP contribution in [-0.2, 0) is 20.0 Å². The molecular formula is C20H19N5NaO7S2. The van der Waals surface area contributed by atoms with Crippen LogP contribution in [0, 0.1) is 17.0 Å². The zero-order valence-electron chi connectivity index (χ0n) is 18.8. The Morgan fingerprint density at radius 1 is 0.943 bits per heavy atom.